The molecule has 0 saturated carbocycles. The van der Waals surface area contributed by atoms with Gasteiger partial charge >= 0.3 is 11.7 Å². The molecule has 0 spiro atoms. The number of benzene rings is 1. The molecule has 38 heavy (non-hydrogen) atoms. The lowest BCUT2D eigenvalue weighted by molar-refractivity contribution is -0.136. The molecule has 0 bridgehead atoms. The lowest BCUT2D eigenvalue weighted by Gasteiger charge is -2.35. The van der Waals surface area contributed by atoms with E-state index in [0.29, 0.717) is 67.1 Å². The molecule has 1 aromatic carbocycles. The molecule has 1 fully saturated rings. The van der Waals surface area contributed by atoms with Crippen LogP contribution >= 0.6 is 22.9 Å². The number of nitrogens with zero attached hydrogens (tertiary/aromatic N) is 4. The Bertz CT molecular complexity index is 1420. The van der Waals surface area contributed by atoms with E-state index in [0.717, 1.165) is 0 Å². The van der Waals surface area contributed by atoms with Crippen LogP contribution in [0.2, 0.25) is 5.02 Å². The van der Waals surface area contributed by atoms with Gasteiger partial charge in [0.2, 0.25) is 5.89 Å². The van der Waals surface area contributed by atoms with Crippen LogP contribution < -0.4 is 11.1 Å². The molecule has 0 amide bonds. The van der Waals surface area contributed by atoms with Crippen LogP contribution in [-0.2, 0) is 20.7 Å². The van der Waals surface area contributed by atoms with Gasteiger partial charge in [-0.05, 0) is 18.6 Å². The molecule has 3 aromatic rings. The number of hydrogen-bond donors (Lipinski definition) is 2. The van der Waals surface area contributed by atoms with E-state index in [2.05, 4.69) is 25.4 Å². The first-order chi connectivity index (χ1) is 18.4. The molecule has 14 heteroatoms. The third-order valence-electron chi connectivity index (χ3n) is 6.19. The Morgan fingerprint density at radius 2 is 2.26 bits per heavy atom. The highest BCUT2D eigenvalue weighted by Crippen LogP contribution is 2.37. The first-order valence-corrected chi connectivity index (χ1v) is 13.1. The van der Waals surface area contributed by atoms with E-state index in [4.69, 9.17) is 30.5 Å². The van der Waals surface area contributed by atoms with Crippen LogP contribution in [0.1, 0.15) is 28.9 Å². The van der Waals surface area contributed by atoms with E-state index in [1.54, 1.807) is 6.20 Å². The monoisotopic (exact) mass is 562 g/mol. The Kier molecular flexibility index (Phi) is 7.98. The second kappa shape index (κ2) is 11.6. The van der Waals surface area contributed by atoms with Gasteiger partial charge in [-0.1, -0.05) is 17.7 Å². The number of carbonyl (C=O) groups is 1. The van der Waals surface area contributed by atoms with Crippen molar-refractivity contribution >= 4 is 34.7 Å². The Balaban J connectivity index is 1.43. The van der Waals surface area contributed by atoms with Gasteiger partial charge in [0.15, 0.2) is 10.8 Å². The summed E-state index contributed by atoms with van der Waals surface area (Å²) in [6.45, 7) is 2.04. The zero-order valence-corrected chi connectivity index (χ0v) is 21.9. The van der Waals surface area contributed by atoms with Crippen molar-refractivity contribution in [3.8, 4) is 0 Å². The number of rotatable bonds is 8. The van der Waals surface area contributed by atoms with Gasteiger partial charge in [-0.2, -0.15) is 0 Å². The number of aliphatic imine (C=N–C) groups is 1. The summed E-state index contributed by atoms with van der Waals surface area (Å²) in [5.74, 6) is -0.854. The second-order valence-corrected chi connectivity index (χ2v) is 9.97. The number of morpholine rings is 1. The predicted octanol–water partition coefficient (Wildman–Crippen LogP) is 2.46. The topological polar surface area (TPSA) is 135 Å². The van der Waals surface area contributed by atoms with Crippen molar-refractivity contribution in [2.45, 2.75) is 25.0 Å². The zero-order valence-electron chi connectivity index (χ0n) is 20.3. The Morgan fingerprint density at radius 1 is 1.39 bits per heavy atom. The fraction of sp³-hybridized carbons (Fsp3) is 0.375. The van der Waals surface area contributed by atoms with Crippen molar-refractivity contribution in [1.82, 2.24) is 25.4 Å². The fourth-order valence-electron chi connectivity index (χ4n) is 4.44. The highest BCUT2D eigenvalue weighted by atomic mass is 35.5. The molecule has 0 aliphatic carbocycles. The summed E-state index contributed by atoms with van der Waals surface area (Å²) < 4.78 is 29.9. The number of aromatic amines is 1. The second-order valence-electron chi connectivity index (χ2n) is 8.67. The van der Waals surface area contributed by atoms with Gasteiger partial charge in [-0.25, -0.2) is 24.1 Å². The molecule has 200 valence electrons. The highest BCUT2D eigenvalue weighted by Gasteiger charge is 2.35. The van der Waals surface area contributed by atoms with Crippen LogP contribution in [-0.4, -0.2) is 71.3 Å². The molecule has 0 radical (unpaired) electrons. The van der Waals surface area contributed by atoms with Crippen LogP contribution in [0.5, 0.6) is 0 Å². The summed E-state index contributed by atoms with van der Waals surface area (Å²) in [7, 11) is 1.30. The molecule has 0 unspecified atom stereocenters. The summed E-state index contributed by atoms with van der Waals surface area (Å²) in [6, 6.07) is 3.17. The van der Waals surface area contributed by atoms with E-state index in [-0.39, 0.29) is 16.7 Å². The molecule has 5 rings (SSSR count). The minimum atomic E-state index is -0.829. The Labute approximate surface area is 225 Å². The van der Waals surface area contributed by atoms with Gasteiger partial charge in [-0.3, -0.25) is 9.89 Å². The molecule has 4 heterocycles. The van der Waals surface area contributed by atoms with E-state index < -0.39 is 23.6 Å². The number of ether oxygens (including phenoxy) is 2. The molecule has 2 aliphatic heterocycles. The summed E-state index contributed by atoms with van der Waals surface area (Å²) in [6.07, 6.45) is 2.57. The third kappa shape index (κ3) is 5.85. The maximum Gasteiger partial charge on any atom is 0.434 e. The SMILES string of the molecule is COC(=O)C1=C(CN2CCO[C@H](CCc3n[nH]c(=O)o3)C2)NC(c2nccs2)=N[C@H]1c1ccc(F)cc1Cl. The lowest BCUT2D eigenvalue weighted by Crippen LogP contribution is -2.46. The number of nitrogens with one attached hydrogen (secondary N) is 2. The Hall–Kier alpha value is -3.39. The van der Waals surface area contributed by atoms with Gasteiger partial charge in [-0.15, -0.1) is 16.4 Å². The molecule has 2 aliphatic rings. The van der Waals surface area contributed by atoms with E-state index >= 15 is 0 Å². The average molecular weight is 563 g/mol. The number of halogens is 2. The minimum absolute atomic E-state index is 0.133. The van der Waals surface area contributed by atoms with Crippen molar-refractivity contribution in [2.24, 2.45) is 4.99 Å². The molecule has 11 nitrogen and oxygen atoms in total. The number of thiazole rings is 1. The van der Waals surface area contributed by atoms with Crippen molar-refractivity contribution in [3.05, 3.63) is 78.9 Å². The standard InChI is InChI=1S/C24H24ClFN6O5S/c1-35-23(33)19-17(12-32-7-8-36-14(11-32)3-5-18-30-31-24(34)37-18)28-21(22-27-6-9-38-22)29-20(19)15-4-2-13(26)10-16(15)25/h2,4,6,9-10,14,20H,3,5,7-8,11-12H2,1H3,(H,28,29)(H,31,34)/t14-,20+/m1/s1. The van der Waals surface area contributed by atoms with Crippen LogP contribution in [0.15, 0.2) is 55.3 Å². The maximum atomic E-state index is 13.8. The van der Waals surface area contributed by atoms with Crippen molar-refractivity contribution < 1.29 is 23.1 Å². The highest BCUT2D eigenvalue weighted by molar-refractivity contribution is 7.11. The number of carbonyl (C=O) groups excluding carboxylic acids is 1. The van der Waals surface area contributed by atoms with E-state index in [1.165, 1.54) is 36.6 Å². The largest absolute Gasteiger partial charge is 0.466 e. The first-order valence-electron chi connectivity index (χ1n) is 11.8. The van der Waals surface area contributed by atoms with E-state index in [9.17, 15) is 14.0 Å². The van der Waals surface area contributed by atoms with Crippen LogP contribution in [0.25, 0.3) is 0 Å². The number of amidine groups is 1. The number of methoxy groups -OCH3 is 1. The zero-order chi connectivity index (χ0) is 26.6. The maximum absolute atomic E-state index is 13.8. The van der Waals surface area contributed by atoms with Crippen molar-refractivity contribution in [1.29, 1.82) is 0 Å². The molecule has 1 saturated heterocycles. The van der Waals surface area contributed by atoms with Gasteiger partial charge in [0, 0.05) is 53.9 Å². The average Bonchev–Trinajstić information content (AvgIpc) is 3.59. The smallest absolute Gasteiger partial charge is 0.434 e. The normalized spacial score (nSPS) is 20.2. The van der Waals surface area contributed by atoms with Crippen molar-refractivity contribution in [2.75, 3.05) is 33.4 Å². The number of esters is 1. The van der Waals surface area contributed by atoms with Gasteiger partial charge < -0.3 is 19.2 Å². The summed E-state index contributed by atoms with van der Waals surface area (Å²) in [4.78, 5) is 35.5. The number of hydrogen-bond acceptors (Lipinski definition) is 11. The van der Waals surface area contributed by atoms with Gasteiger partial charge in [0.05, 0.1) is 25.4 Å². The van der Waals surface area contributed by atoms with Crippen molar-refractivity contribution in [3.63, 3.8) is 0 Å². The first kappa shape index (κ1) is 26.2. The quantitative estimate of drug-likeness (QED) is 0.397. The van der Waals surface area contributed by atoms with E-state index in [1.807, 2.05) is 5.38 Å². The van der Waals surface area contributed by atoms with Crippen LogP contribution in [0.3, 0.4) is 0 Å². The fourth-order valence-corrected chi connectivity index (χ4v) is 5.30. The molecule has 2 N–H and O–H groups in total. The predicted molar refractivity (Wildman–Crippen MR) is 137 cm³/mol. The van der Waals surface area contributed by atoms with Crippen LogP contribution in [0.4, 0.5) is 4.39 Å². The van der Waals surface area contributed by atoms with Gasteiger partial charge in [0.25, 0.3) is 0 Å². The molecular formula is C24H24ClFN6O5S. The number of H-pyrrole nitrogens is 1. The number of aromatic nitrogens is 3. The molecule has 2 aromatic heterocycles. The lowest BCUT2D eigenvalue weighted by atomic mass is 9.95. The molecular weight excluding hydrogens is 539 g/mol. The Morgan fingerprint density at radius 3 is 2.97 bits per heavy atom. The molecule has 2 atom stereocenters. The van der Waals surface area contributed by atoms with Crippen LogP contribution in [0, 0.1) is 5.82 Å². The third-order valence-corrected chi connectivity index (χ3v) is 7.30. The summed E-state index contributed by atoms with van der Waals surface area (Å²) in [5, 5.41) is 12.0. The summed E-state index contributed by atoms with van der Waals surface area (Å²) >= 11 is 7.81. The number of aryl methyl sites for hydroxylation is 1. The minimum Gasteiger partial charge on any atom is -0.466 e. The van der Waals surface area contributed by atoms with Gasteiger partial charge in [0.1, 0.15) is 11.9 Å². The summed E-state index contributed by atoms with van der Waals surface area (Å²) in [5.41, 5.74) is 1.34.